The predicted molar refractivity (Wildman–Crippen MR) is 78.8 cm³/mol. The summed E-state index contributed by atoms with van der Waals surface area (Å²) in [6.07, 6.45) is 0.503. The fourth-order valence-corrected chi connectivity index (χ4v) is 2.48. The number of hydrogen-bond acceptors (Lipinski definition) is 3. The third-order valence-electron chi connectivity index (χ3n) is 3.81. The van der Waals surface area contributed by atoms with E-state index < -0.39 is 11.9 Å². The number of rotatable bonds is 3. The lowest BCUT2D eigenvalue weighted by molar-refractivity contribution is -0.141. The van der Waals surface area contributed by atoms with Gasteiger partial charge >= 0.3 is 12.0 Å². The van der Waals surface area contributed by atoms with Gasteiger partial charge in [-0.1, -0.05) is 0 Å². The molecule has 2 N–H and O–H groups in total. The van der Waals surface area contributed by atoms with Crippen molar-refractivity contribution in [3.05, 3.63) is 23.3 Å². The highest BCUT2D eigenvalue weighted by molar-refractivity contribution is 5.91. The summed E-state index contributed by atoms with van der Waals surface area (Å²) in [6, 6.07) is 3.47. The van der Waals surface area contributed by atoms with Gasteiger partial charge in [0.2, 0.25) is 0 Å². The number of aryl methyl sites for hydroxylation is 2. The highest BCUT2D eigenvalue weighted by Crippen LogP contribution is 2.26. The maximum Gasteiger partial charge on any atom is 0.321 e. The van der Waals surface area contributed by atoms with Crippen LogP contribution in [0.15, 0.2) is 12.1 Å². The zero-order valence-electron chi connectivity index (χ0n) is 12.5. The van der Waals surface area contributed by atoms with E-state index in [1.54, 1.807) is 7.11 Å². The van der Waals surface area contributed by atoms with Gasteiger partial charge in [0.1, 0.15) is 5.75 Å². The number of aliphatic carboxylic acids is 1. The molecule has 6 nitrogen and oxygen atoms in total. The van der Waals surface area contributed by atoms with Crippen LogP contribution in [0, 0.1) is 19.8 Å². The van der Waals surface area contributed by atoms with Gasteiger partial charge in [0.15, 0.2) is 0 Å². The normalized spacial score (nSPS) is 17.7. The van der Waals surface area contributed by atoms with E-state index in [1.165, 1.54) is 4.90 Å². The van der Waals surface area contributed by atoms with Crippen molar-refractivity contribution < 1.29 is 19.4 Å². The van der Waals surface area contributed by atoms with Gasteiger partial charge in [-0.2, -0.15) is 0 Å². The highest BCUT2D eigenvalue weighted by atomic mass is 16.5. The van der Waals surface area contributed by atoms with Gasteiger partial charge in [0.25, 0.3) is 0 Å². The Morgan fingerprint density at radius 3 is 2.62 bits per heavy atom. The molecular formula is C15H20N2O4. The summed E-state index contributed by atoms with van der Waals surface area (Å²) in [5.41, 5.74) is 2.56. The summed E-state index contributed by atoms with van der Waals surface area (Å²) in [5, 5.41) is 11.8. The molecule has 2 rings (SSSR count). The average Bonchev–Trinajstić information content (AvgIpc) is 2.92. The largest absolute Gasteiger partial charge is 0.496 e. The summed E-state index contributed by atoms with van der Waals surface area (Å²) in [7, 11) is 1.61. The smallest absolute Gasteiger partial charge is 0.321 e. The molecule has 1 unspecified atom stereocenters. The fraction of sp³-hybridized carbons (Fsp3) is 0.467. The van der Waals surface area contributed by atoms with Crippen LogP contribution < -0.4 is 10.1 Å². The first-order valence-corrected chi connectivity index (χ1v) is 6.86. The molecule has 21 heavy (non-hydrogen) atoms. The Labute approximate surface area is 123 Å². The molecule has 1 heterocycles. The second-order valence-corrected chi connectivity index (χ2v) is 5.34. The second-order valence-electron chi connectivity index (χ2n) is 5.34. The van der Waals surface area contributed by atoms with Crippen molar-refractivity contribution in [3.63, 3.8) is 0 Å². The minimum Gasteiger partial charge on any atom is -0.496 e. The second kappa shape index (κ2) is 6.03. The van der Waals surface area contributed by atoms with E-state index in [1.807, 2.05) is 26.0 Å². The molecule has 1 atom stereocenters. The maximum absolute atomic E-state index is 12.2. The van der Waals surface area contributed by atoms with E-state index in [0.29, 0.717) is 13.0 Å². The molecule has 0 aliphatic carbocycles. The number of nitrogens with one attached hydrogen (secondary N) is 1. The number of carboxylic acid groups (broad SMARTS) is 1. The summed E-state index contributed by atoms with van der Waals surface area (Å²) in [5.74, 6) is -0.533. The quantitative estimate of drug-likeness (QED) is 0.895. The molecule has 2 amide bonds. The number of carbonyl (C=O) groups excluding carboxylic acids is 1. The zero-order valence-corrected chi connectivity index (χ0v) is 12.5. The average molecular weight is 292 g/mol. The number of carboxylic acids is 1. The maximum atomic E-state index is 12.2. The van der Waals surface area contributed by atoms with Crippen molar-refractivity contribution in [3.8, 4) is 5.75 Å². The molecule has 114 valence electrons. The first-order valence-electron chi connectivity index (χ1n) is 6.86. The number of methoxy groups -OCH3 is 1. The monoisotopic (exact) mass is 292 g/mol. The molecule has 1 aliphatic heterocycles. The van der Waals surface area contributed by atoms with Crippen LogP contribution in [0.25, 0.3) is 0 Å². The minimum absolute atomic E-state index is 0.258. The standard InChI is InChI=1S/C15H20N2O4/c1-9-7-13(21-3)10(2)6-12(9)16-15(20)17-5-4-11(8-17)14(18)19/h6-7,11H,4-5,8H2,1-3H3,(H,16,20)(H,18,19). The number of nitrogens with zero attached hydrogens (tertiary/aromatic N) is 1. The van der Waals surface area contributed by atoms with Gasteiger partial charge in [-0.25, -0.2) is 4.79 Å². The van der Waals surface area contributed by atoms with Gasteiger partial charge in [-0.05, 0) is 43.5 Å². The first kappa shape index (κ1) is 15.2. The third-order valence-corrected chi connectivity index (χ3v) is 3.81. The molecule has 1 saturated heterocycles. The molecule has 1 fully saturated rings. The molecule has 0 radical (unpaired) electrons. The van der Waals surface area contributed by atoms with Gasteiger partial charge in [0.05, 0.1) is 13.0 Å². The van der Waals surface area contributed by atoms with E-state index in [0.717, 1.165) is 22.6 Å². The number of anilines is 1. The van der Waals surface area contributed by atoms with Crippen molar-refractivity contribution in [1.29, 1.82) is 0 Å². The van der Waals surface area contributed by atoms with Crippen molar-refractivity contribution in [1.82, 2.24) is 4.90 Å². The molecule has 0 spiro atoms. The van der Waals surface area contributed by atoms with Crippen LogP contribution in [0.1, 0.15) is 17.5 Å². The van der Waals surface area contributed by atoms with Gasteiger partial charge in [0, 0.05) is 18.8 Å². The fourth-order valence-electron chi connectivity index (χ4n) is 2.48. The summed E-state index contributed by atoms with van der Waals surface area (Å²) in [4.78, 5) is 24.7. The molecular weight excluding hydrogens is 272 g/mol. The van der Waals surface area contributed by atoms with Crippen LogP contribution in [-0.4, -0.2) is 42.2 Å². The number of amides is 2. The Hall–Kier alpha value is -2.24. The Bertz CT molecular complexity index is 571. The lowest BCUT2D eigenvalue weighted by atomic mass is 10.1. The first-order chi connectivity index (χ1) is 9.92. The Morgan fingerprint density at radius 2 is 2.05 bits per heavy atom. The number of likely N-dealkylation sites (tertiary alicyclic amines) is 1. The number of hydrogen-bond donors (Lipinski definition) is 2. The van der Waals surface area contributed by atoms with Crippen molar-refractivity contribution in [2.24, 2.45) is 5.92 Å². The van der Waals surface area contributed by atoms with Crippen LogP contribution >= 0.6 is 0 Å². The topological polar surface area (TPSA) is 78.9 Å². The van der Waals surface area contributed by atoms with E-state index in [4.69, 9.17) is 9.84 Å². The van der Waals surface area contributed by atoms with E-state index in [9.17, 15) is 9.59 Å². The Balaban J connectivity index is 2.07. The molecule has 1 aromatic carbocycles. The van der Waals surface area contributed by atoms with Gasteiger partial charge in [-0.3, -0.25) is 4.79 Å². The van der Waals surface area contributed by atoms with E-state index in [2.05, 4.69) is 5.32 Å². The highest BCUT2D eigenvalue weighted by Gasteiger charge is 2.30. The zero-order chi connectivity index (χ0) is 15.6. The van der Waals surface area contributed by atoms with Crippen LogP contribution in [0.2, 0.25) is 0 Å². The molecule has 1 aliphatic rings. The van der Waals surface area contributed by atoms with Crippen molar-refractivity contribution in [2.75, 3.05) is 25.5 Å². The molecule has 6 heteroatoms. The molecule has 0 saturated carbocycles. The third kappa shape index (κ3) is 3.26. The number of carbonyl (C=O) groups is 2. The Morgan fingerprint density at radius 1 is 1.33 bits per heavy atom. The predicted octanol–water partition coefficient (Wildman–Crippen LogP) is 2.25. The molecule has 0 aromatic heterocycles. The summed E-state index contributed by atoms with van der Waals surface area (Å²) < 4.78 is 5.24. The van der Waals surface area contributed by atoms with Gasteiger partial charge < -0.3 is 20.1 Å². The number of urea groups is 1. The molecule has 0 bridgehead atoms. The SMILES string of the molecule is COc1cc(C)c(NC(=O)N2CCC(C(=O)O)C2)cc1C. The number of benzene rings is 1. The lowest BCUT2D eigenvalue weighted by Crippen LogP contribution is -2.34. The Kier molecular flexibility index (Phi) is 4.35. The van der Waals surface area contributed by atoms with E-state index in [-0.39, 0.29) is 12.6 Å². The van der Waals surface area contributed by atoms with Crippen LogP contribution in [0.3, 0.4) is 0 Å². The number of ether oxygens (including phenoxy) is 1. The summed E-state index contributed by atoms with van der Waals surface area (Å²) >= 11 is 0. The summed E-state index contributed by atoms with van der Waals surface area (Å²) in [6.45, 7) is 4.53. The van der Waals surface area contributed by atoms with Crippen LogP contribution in [-0.2, 0) is 4.79 Å². The van der Waals surface area contributed by atoms with Crippen LogP contribution in [0.4, 0.5) is 10.5 Å². The lowest BCUT2D eigenvalue weighted by Gasteiger charge is -2.18. The van der Waals surface area contributed by atoms with Crippen molar-refractivity contribution >= 4 is 17.7 Å². The van der Waals surface area contributed by atoms with E-state index >= 15 is 0 Å². The molecule has 1 aromatic rings. The van der Waals surface area contributed by atoms with Gasteiger partial charge in [-0.15, -0.1) is 0 Å². The minimum atomic E-state index is -0.846. The van der Waals surface area contributed by atoms with Crippen LogP contribution in [0.5, 0.6) is 5.75 Å². The van der Waals surface area contributed by atoms with Crippen molar-refractivity contribution in [2.45, 2.75) is 20.3 Å².